The van der Waals surface area contributed by atoms with Crippen LogP contribution in [0.2, 0.25) is 0 Å². The van der Waals surface area contributed by atoms with Gasteiger partial charge in [0.15, 0.2) is 6.10 Å². The summed E-state index contributed by atoms with van der Waals surface area (Å²) in [7, 11) is -4.74. The lowest BCUT2D eigenvalue weighted by Gasteiger charge is -2.21. The van der Waals surface area contributed by atoms with Gasteiger partial charge < -0.3 is 24.2 Å². The van der Waals surface area contributed by atoms with Crippen LogP contribution in [0.15, 0.2) is 24.3 Å². The van der Waals surface area contributed by atoms with Gasteiger partial charge in [-0.1, -0.05) is 251 Å². The van der Waals surface area contributed by atoms with E-state index in [1.54, 1.807) is 0 Å². The number of phosphoric acid groups is 1. The van der Waals surface area contributed by atoms with Gasteiger partial charge in [0, 0.05) is 19.3 Å². The Morgan fingerprint density at radius 2 is 0.622 bits per heavy atom. The maximum Gasteiger partial charge on any atom is 0.472 e. The number of esters is 3. The minimum Gasteiger partial charge on any atom is -0.462 e. The lowest BCUT2D eigenvalue weighted by atomic mass is 10.0. The third kappa shape index (κ3) is 54.7. The predicted molar refractivity (Wildman–Crippen MR) is 307 cm³/mol. The van der Waals surface area contributed by atoms with Gasteiger partial charge in [0.05, 0.1) is 19.8 Å². The number of hydrogen-bond donors (Lipinski definition) is 2. The quantitative estimate of drug-likeness (QED) is 0.0197. The van der Waals surface area contributed by atoms with E-state index >= 15 is 0 Å². The molecule has 2 N–H and O–H groups in total. The first kappa shape index (κ1) is 72.0. The number of ether oxygens (including phenoxy) is 3. The third-order valence-electron chi connectivity index (χ3n) is 13.8. The maximum absolute atomic E-state index is 12.9. The third-order valence-corrected chi connectivity index (χ3v) is 14.8. The summed E-state index contributed by atoms with van der Waals surface area (Å²) in [6.07, 6.45) is 58.4. The number of hydrogen-bond acceptors (Lipinski definition) is 10. The van der Waals surface area contributed by atoms with Crippen LogP contribution in [0.3, 0.4) is 0 Å². The Balaban J connectivity index is 4.69. The normalized spacial score (nSPS) is 13.4. The smallest absolute Gasteiger partial charge is 0.462 e. The van der Waals surface area contributed by atoms with Crippen LogP contribution in [0, 0.1) is 0 Å². The van der Waals surface area contributed by atoms with Gasteiger partial charge in [-0.3, -0.25) is 23.4 Å². The van der Waals surface area contributed by atoms with E-state index in [2.05, 4.69) is 45.1 Å². The summed E-state index contributed by atoms with van der Waals surface area (Å²) in [4.78, 5) is 48.6. The number of allylic oxidation sites excluding steroid dienone is 4. The first-order valence-corrected chi connectivity index (χ1v) is 32.7. The van der Waals surface area contributed by atoms with Crippen LogP contribution in [-0.2, 0) is 42.2 Å². The zero-order chi connectivity index (χ0) is 54.1. The van der Waals surface area contributed by atoms with Crippen molar-refractivity contribution in [3.63, 3.8) is 0 Å². The number of carbonyl (C=O) groups is 3. The summed E-state index contributed by atoms with van der Waals surface area (Å²) in [6.45, 7) is 4.69. The Morgan fingerprint density at radius 3 is 0.932 bits per heavy atom. The van der Waals surface area contributed by atoms with Crippen molar-refractivity contribution in [1.29, 1.82) is 0 Å². The lowest BCUT2D eigenvalue weighted by Crippen LogP contribution is -2.30. The van der Waals surface area contributed by atoms with Gasteiger partial charge in [0.25, 0.3) is 0 Å². The molecular formula is C62H117O11P. The van der Waals surface area contributed by atoms with Crippen LogP contribution >= 0.6 is 7.82 Å². The monoisotopic (exact) mass is 1070 g/mol. The highest BCUT2D eigenvalue weighted by Gasteiger charge is 2.28. The molecule has 0 aliphatic rings. The maximum atomic E-state index is 12.9. The molecule has 0 aliphatic carbocycles. The minimum atomic E-state index is -4.74. The molecule has 0 fully saturated rings. The number of aliphatic hydroxyl groups is 1. The van der Waals surface area contributed by atoms with Crippen molar-refractivity contribution in [2.75, 3.05) is 26.4 Å². The van der Waals surface area contributed by atoms with Crippen molar-refractivity contribution in [2.45, 2.75) is 328 Å². The highest BCUT2D eigenvalue weighted by atomic mass is 31.2. The zero-order valence-corrected chi connectivity index (χ0v) is 49.2. The van der Waals surface area contributed by atoms with Crippen molar-refractivity contribution >= 4 is 25.7 Å². The number of carbonyl (C=O) groups excluding carboxylic acids is 3. The fraction of sp³-hybridized carbons (Fsp3) is 0.887. The summed E-state index contributed by atoms with van der Waals surface area (Å²) in [5.74, 6) is -1.45. The van der Waals surface area contributed by atoms with Gasteiger partial charge in [-0.25, -0.2) is 4.57 Å². The number of rotatable bonds is 59. The van der Waals surface area contributed by atoms with Gasteiger partial charge in [-0.2, -0.15) is 0 Å². The van der Waals surface area contributed by atoms with Gasteiger partial charge in [0.2, 0.25) is 0 Å². The first-order valence-electron chi connectivity index (χ1n) is 31.2. The highest BCUT2D eigenvalue weighted by Crippen LogP contribution is 2.43. The Labute approximate surface area is 455 Å². The van der Waals surface area contributed by atoms with Crippen LogP contribution in [-0.4, -0.2) is 66.5 Å². The standard InChI is InChI=1S/C62H117O11P/c1-4-7-10-13-16-19-22-25-27-29-31-34-36-39-42-45-48-51-60(64)69-55-59(73-62(66)53-50-47-44-41-38-35-32-30-28-26-23-20-17-14-11-8-5-2)57-71-74(67,68)70-56-58(54-63)72-61(65)52-49-46-43-40-37-33-24-21-18-15-12-9-6-3/h25-28,58-59,63H,4-24,29-57H2,1-3H3,(H,67,68)/b27-25-,28-26-. The van der Waals surface area contributed by atoms with Crippen LogP contribution in [0.5, 0.6) is 0 Å². The van der Waals surface area contributed by atoms with Crippen LogP contribution in [0.1, 0.15) is 316 Å². The predicted octanol–water partition coefficient (Wildman–Crippen LogP) is 18.6. The molecule has 0 aromatic rings. The molecule has 3 unspecified atom stereocenters. The second-order valence-electron chi connectivity index (χ2n) is 21.2. The topological polar surface area (TPSA) is 155 Å². The van der Waals surface area contributed by atoms with E-state index in [1.165, 1.54) is 186 Å². The molecule has 74 heavy (non-hydrogen) atoms. The summed E-state index contributed by atoms with van der Waals surface area (Å²) < 4.78 is 39.6. The van der Waals surface area contributed by atoms with E-state index in [-0.39, 0.29) is 25.9 Å². The Kier molecular flexibility index (Phi) is 55.6. The SMILES string of the molecule is CCCCCCCC/C=C\CCCCCCCCCC(=O)OCC(COP(=O)(O)OCC(CO)OC(=O)CCCCCCCCCCCCCCC)OC(=O)CCCCCCCCC/C=C\CCCCCCCC. The van der Waals surface area contributed by atoms with Crippen LogP contribution in [0.4, 0.5) is 0 Å². The number of unbranched alkanes of at least 4 members (excludes halogenated alkanes) is 38. The first-order chi connectivity index (χ1) is 36.2. The van der Waals surface area contributed by atoms with Crippen LogP contribution in [0.25, 0.3) is 0 Å². The molecule has 436 valence electrons. The highest BCUT2D eigenvalue weighted by molar-refractivity contribution is 7.47. The second kappa shape index (κ2) is 57.1. The molecule has 0 aromatic carbocycles. The van der Waals surface area contributed by atoms with Crippen molar-refractivity contribution in [2.24, 2.45) is 0 Å². The fourth-order valence-electron chi connectivity index (χ4n) is 9.05. The van der Waals surface area contributed by atoms with Gasteiger partial charge in [-0.15, -0.1) is 0 Å². The molecule has 0 rings (SSSR count). The van der Waals surface area contributed by atoms with E-state index in [4.69, 9.17) is 23.3 Å². The molecule has 0 spiro atoms. The Morgan fingerprint density at radius 1 is 0.365 bits per heavy atom. The average Bonchev–Trinajstić information content (AvgIpc) is 3.39. The molecule has 0 aliphatic heterocycles. The molecule has 0 amide bonds. The van der Waals surface area contributed by atoms with Crippen LogP contribution < -0.4 is 0 Å². The van der Waals surface area contributed by atoms with E-state index in [0.29, 0.717) is 19.3 Å². The fourth-order valence-corrected chi connectivity index (χ4v) is 9.84. The Hall–Kier alpha value is -2.04. The van der Waals surface area contributed by atoms with E-state index < -0.39 is 57.8 Å². The van der Waals surface area contributed by atoms with Crippen molar-refractivity contribution in [3.8, 4) is 0 Å². The molecule has 0 saturated heterocycles. The average molecular weight is 1070 g/mol. The Bertz CT molecular complexity index is 1340. The molecule has 12 heteroatoms. The lowest BCUT2D eigenvalue weighted by molar-refractivity contribution is -0.161. The van der Waals surface area contributed by atoms with E-state index in [1.807, 2.05) is 0 Å². The zero-order valence-electron chi connectivity index (χ0n) is 48.3. The molecule has 0 aromatic heterocycles. The molecule has 3 atom stereocenters. The summed E-state index contributed by atoms with van der Waals surface area (Å²) in [6, 6.07) is 0. The number of phosphoric ester groups is 1. The van der Waals surface area contributed by atoms with Crippen molar-refractivity contribution < 1.29 is 52.2 Å². The van der Waals surface area contributed by atoms with E-state index in [0.717, 1.165) is 70.6 Å². The largest absolute Gasteiger partial charge is 0.472 e. The molecule has 0 saturated carbocycles. The molecule has 11 nitrogen and oxygen atoms in total. The van der Waals surface area contributed by atoms with Gasteiger partial charge in [-0.05, 0) is 70.6 Å². The molecular weight excluding hydrogens is 952 g/mol. The van der Waals surface area contributed by atoms with E-state index in [9.17, 15) is 28.9 Å². The molecule has 0 heterocycles. The minimum absolute atomic E-state index is 0.167. The molecule has 0 radical (unpaired) electrons. The van der Waals surface area contributed by atoms with Gasteiger partial charge >= 0.3 is 25.7 Å². The summed E-state index contributed by atoms with van der Waals surface area (Å²) in [5.41, 5.74) is 0. The summed E-state index contributed by atoms with van der Waals surface area (Å²) >= 11 is 0. The molecule has 0 bridgehead atoms. The van der Waals surface area contributed by atoms with Crippen molar-refractivity contribution in [3.05, 3.63) is 24.3 Å². The number of aliphatic hydroxyl groups excluding tert-OH is 1. The van der Waals surface area contributed by atoms with Crippen molar-refractivity contribution in [1.82, 2.24) is 0 Å². The second-order valence-corrected chi connectivity index (χ2v) is 22.7. The van der Waals surface area contributed by atoms with Gasteiger partial charge in [0.1, 0.15) is 12.7 Å². The summed E-state index contributed by atoms with van der Waals surface area (Å²) in [5, 5.41) is 9.82.